The van der Waals surface area contributed by atoms with Crippen LogP contribution in [0.1, 0.15) is 132 Å². The van der Waals surface area contributed by atoms with Crippen LogP contribution in [0.15, 0.2) is 315 Å². The van der Waals surface area contributed by atoms with Crippen molar-refractivity contribution in [3.05, 3.63) is 343 Å². The minimum absolute atomic E-state index is 0.0384. The molecule has 0 aliphatic carbocycles. The number of hydrogen-bond donors (Lipinski definition) is 0. The second kappa shape index (κ2) is 25.8. The Labute approximate surface area is 687 Å². The van der Waals surface area contributed by atoms with E-state index in [1.165, 1.54) is 143 Å². The maximum absolute atomic E-state index is 2.71. The highest BCUT2D eigenvalue weighted by molar-refractivity contribution is 7.00. The minimum Gasteiger partial charge on any atom is -0.311 e. The topological polar surface area (TPSA) is 26.2 Å². The quantitative estimate of drug-likeness (QED) is 0.142. The standard InChI is InChI=1S/C110H97BN6/c1-106(2,3)70-46-42-68(43-47-70)83-58-72(108(7,8)9)50-56-95(83)116-101-62-77(114-93-40-28-24-36-81(93)87-64-97-85(66-99(87)114)79-34-22-26-38-91(79)112(97)75-30-18-16-19-31-75)52-54-89(101)111-90-55-53-78(115-94-41-29-25-37-82(94)88-65-98-86(67-100(88)115)80-35-23-27-39-92(80)113(98)76-32-20-17-21-33-76)63-102(90)117(104-61-74(110(13,14)15)60-103(116)105(104)111)96-57-51-73(109(10,11)12)59-84(96)69-44-48-71(49-45-69)107(4,5)6/h16-67H,1-15H3. The van der Waals surface area contributed by atoms with E-state index in [9.17, 15) is 0 Å². The van der Waals surface area contributed by atoms with Crippen molar-refractivity contribution in [2.45, 2.75) is 131 Å². The summed E-state index contributed by atoms with van der Waals surface area (Å²) in [6.45, 7) is 35.0. The zero-order chi connectivity index (χ0) is 80.3. The number of fused-ring (bicyclic) bond motifs is 16. The van der Waals surface area contributed by atoms with Crippen molar-refractivity contribution in [3.63, 3.8) is 0 Å². The molecule has 117 heavy (non-hydrogen) atoms. The van der Waals surface area contributed by atoms with Crippen LogP contribution in [0, 0.1) is 0 Å². The van der Waals surface area contributed by atoms with Gasteiger partial charge in [0.05, 0.1) is 55.5 Å². The molecule has 7 heteroatoms. The smallest absolute Gasteiger partial charge is 0.252 e. The van der Waals surface area contributed by atoms with E-state index in [2.05, 4.69) is 447 Å². The van der Waals surface area contributed by atoms with E-state index >= 15 is 0 Å². The van der Waals surface area contributed by atoms with Crippen LogP contribution >= 0.6 is 0 Å². The molecule has 0 radical (unpaired) electrons. The van der Waals surface area contributed by atoms with Crippen LogP contribution in [0.5, 0.6) is 0 Å². The highest BCUT2D eigenvalue weighted by atomic mass is 15.2. The van der Waals surface area contributed by atoms with Gasteiger partial charge >= 0.3 is 0 Å². The molecule has 2 aliphatic heterocycles. The molecule has 0 unspecified atom stereocenters. The van der Waals surface area contributed by atoms with Crippen molar-refractivity contribution in [3.8, 4) is 45.0 Å². The molecular formula is C110H97BN6. The van der Waals surface area contributed by atoms with Crippen LogP contribution in [-0.2, 0) is 27.1 Å². The van der Waals surface area contributed by atoms with Crippen molar-refractivity contribution in [2.75, 3.05) is 9.80 Å². The molecule has 570 valence electrons. The Morgan fingerprint density at radius 3 is 0.803 bits per heavy atom. The van der Waals surface area contributed by atoms with E-state index in [4.69, 9.17) is 0 Å². The van der Waals surface area contributed by atoms with Crippen LogP contribution in [0.4, 0.5) is 34.1 Å². The van der Waals surface area contributed by atoms with E-state index in [1.807, 2.05) is 0 Å². The van der Waals surface area contributed by atoms with Gasteiger partial charge in [-0.3, -0.25) is 0 Å². The first-order valence-corrected chi connectivity index (χ1v) is 41.8. The van der Waals surface area contributed by atoms with Crippen LogP contribution < -0.4 is 26.2 Å². The van der Waals surface area contributed by atoms with Gasteiger partial charge in [0.2, 0.25) is 0 Å². The van der Waals surface area contributed by atoms with Gasteiger partial charge < -0.3 is 28.1 Å². The highest BCUT2D eigenvalue weighted by Crippen LogP contribution is 2.53. The van der Waals surface area contributed by atoms with E-state index in [-0.39, 0.29) is 33.8 Å². The number of hydrogen-bond acceptors (Lipinski definition) is 2. The summed E-state index contributed by atoms with van der Waals surface area (Å²) in [5.41, 5.74) is 34.9. The van der Waals surface area contributed by atoms with Gasteiger partial charge in [0.1, 0.15) is 0 Å². The highest BCUT2D eigenvalue weighted by Gasteiger charge is 2.46. The fourth-order valence-electron chi connectivity index (χ4n) is 19.5. The molecule has 0 fully saturated rings. The predicted molar refractivity (Wildman–Crippen MR) is 502 cm³/mol. The van der Waals surface area contributed by atoms with Gasteiger partial charge in [0.25, 0.3) is 6.71 Å². The van der Waals surface area contributed by atoms with Crippen LogP contribution in [0.2, 0.25) is 0 Å². The first-order valence-electron chi connectivity index (χ1n) is 41.8. The first-order chi connectivity index (χ1) is 56.2. The van der Waals surface area contributed by atoms with Gasteiger partial charge in [-0.25, -0.2) is 0 Å². The number of rotatable bonds is 8. The summed E-state index contributed by atoms with van der Waals surface area (Å²) in [5.74, 6) is 0. The predicted octanol–water partition coefficient (Wildman–Crippen LogP) is 28.0. The average molecular weight is 1510 g/mol. The first kappa shape index (κ1) is 71.9. The second-order valence-electron chi connectivity index (χ2n) is 38.2. The third-order valence-electron chi connectivity index (χ3n) is 25.7. The summed E-state index contributed by atoms with van der Waals surface area (Å²) in [7, 11) is 0. The van der Waals surface area contributed by atoms with Crippen molar-refractivity contribution >= 4 is 144 Å². The SMILES string of the molecule is CC(C)(C)c1ccc(-c2cc(C(C)(C)C)ccc2N2c3cc(-n4c5ccccc5c5cc6c(cc54)c4ccccc4n6-c4ccccc4)ccc3B3c4ccc(-n5c6ccccc6c6cc7c(cc65)c5ccccc5n7-c5ccccc5)cc4N(c4ccc(C(C)(C)C)cc4-c4ccc(C(C)(C)C)cc4)c4cc(C(C)(C)C)cc2c43)cc1. The van der Waals surface area contributed by atoms with Crippen LogP contribution in [0.3, 0.4) is 0 Å². The molecule has 21 rings (SSSR count). The number of nitrogens with zero attached hydrogens (tertiary/aromatic N) is 6. The summed E-state index contributed by atoms with van der Waals surface area (Å²) < 4.78 is 10.0. The summed E-state index contributed by atoms with van der Waals surface area (Å²) in [6.07, 6.45) is 0. The molecule has 19 aromatic rings. The third-order valence-corrected chi connectivity index (χ3v) is 25.7. The Kier molecular flexibility index (Phi) is 15.9. The maximum Gasteiger partial charge on any atom is 0.252 e. The molecule has 0 atom stereocenters. The Balaban J connectivity index is 0.885. The zero-order valence-electron chi connectivity index (χ0n) is 69.8. The van der Waals surface area contributed by atoms with E-state index < -0.39 is 0 Å². The van der Waals surface area contributed by atoms with Gasteiger partial charge in [-0.1, -0.05) is 286 Å². The molecule has 0 bridgehead atoms. The summed E-state index contributed by atoms with van der Waals surface area (Å²) in [4.78, 5) is 5.42. The molecule has 0 amide bonds. The summed E-state index contributed by atoms with van der Waals surface area (Å²) in [5, 5.41) is 9.72. The summed E-state index contributed by atoms with van der Waals surface area (Å²) in [6, 6.07) is 122. The normalized spacial score (nSPS) is 13.4. The molecule has 2 aliphatic rings. The number of aromatic nitrogens is 4. The van der Waals surface area contributed by atoms with Gasteiger partial charge in [0.15, 0.2) is 0 Å². The van der Waals surface area contributed by atoms with E-state index in [0.29, 0.717) is 0 Å². The van der Waals surface area contributed by atoms with Gasteiger partial charge in [0, 0.05) is 99.7 Å². The molecular weight excluding hydrogens is 1420 g/mol. The Hall–Kier alpha value is -12.8. The van der Waals surface area contributed by atoms with E-state index in [1.54, 1.807) is 0 Å². The molecule has 0 N–H and O–H groups in total. The van der Waals surface area contributed by atoms with Crippen molar-refractivity contribution in [2.24, 2.45) is 0 Å². The monoisotopic (exact) mass is 1510 g/mol. The van der Waals surface area contributed by atoms with Crippen LogP contribution in [0.25, 0.3) is 132 Å². The molecule has 6 nitrogen and oxygen atoms in total. The molecule has 4 aromatic heterocycles. The molecule has 0 saturated heterocycles. The zero-order valence-corrected chi connectivity index (χ0v) is 69.8. The number of anilines is 6. The minimum atomic E-state index is -0.318. The lowest BCUT2D eigenvalue weighted by molar-refractivity contribution is 0.589. The number of benzene rings is 15. The van der Waals surface area contributed by atoms with Crippen molar-refractivity contribution < 1.29 is 0 Å². The second-order valence-corrected chi connectivity index (χ2v) is 38.2. The fourth-order valence-corrected chi connectivity index (χ4v) is 19.5. The third kappa shape index (κ3) is 11.3. The number of para-hydroxylation sites is 6. The van der Waals surface area contributed by atoms with Gasteiger partial charge in [-0.05, 0) is 216 Å². The van der Waals surface area contributed by atoms with Gasteiger partial charge in [-0.2, -0.15) is 0 Å². The van der Waals surface area contributed by atoms with Crippen molar-refractivity contribution in [1.29, 1.82) is 0 Å². The van der Waals surface area contributed by atoms with Crippen LogP contribution in [-0.4, -0.2) is 25.0 Å². The maximum atomic E-state index is 2.71. The molecule has 0 spiro atoms. The van der Waals surface area contributed by atoms with Gasteiger partial charge in [-0.15, -0.1) is 0 Å². The van der Waals surface area contributed by atoms with E-state index in [0.717, 1.165) is 67.6 Å². The Morgan fingerprint density at radius 1 is 0.197 bits per heavy atom. The lowest BCUT2D eigenvalue weighted by Crippen LogP contribution is -2.61. The lowest BCUT2D eigenvalue weighted by atomic mass is 9.33. The fraction of sp³-hybridized carbons (Fsp3) is 0.182. The lowest BCUT2D eigenvalue weighted by Gasteiger charge is -2.46. The molecule has 0 saturated carbocycles. The molecule has 15 aromatic carbocycles. The summed E-state index contributed by atoms with van der Waals surface area (Å²) >= 11 is 0. The Morgan fingerprint density at radius 2 is 0.487 bits per heavy atom. The average Bonchev–Trinajstić information content (AvgIpc) is 1.10. The largest absolute Gasteiger partial charge is 0.311 e. The Bertz CT molecular complexity index is 6880. The molecule has 6 heterocycles. The van der Waals surface area contributed by atoms with Crippen molar-refractivity contribution in [1.82, 2.24) is 18.3 Å².